The third kappa shape index (κ3) is 10.6. The molecule has 0 aromatic heterocycles. The highest BCUT2D eigenvalue weighted by molar-refractivity contribution is 5.66. The summed E-state index contributed by atoms with van der Waals surface area (Å²) in [5, 5.41) is 19.4. The molecule has 28 heavy (non-hydrogen) atoms. The van der Waals surface area contributed by atoms with Crippen molar-refractivity contribution < 1.29 is 19.7 Å². The molecule has 1 rings (SSSR count). The number of allylic oxidation sites excluding steroid dienone is 2. The van der Waals surface area contributed by atoms with E-state index in [9.17, 15) is 9.90 Å². The molecule has 2 unspecified atom stereocenters. The summed E-state index contributed by atoms with van der Waals surface area (Å²) in [6, 6.07) is 0. The van der Waals surface area contributed by atoms with E-state index in [-0.39, 0.29) is 18.6 Å². The van der Waals surface area contributed by atoms with Crippen LogP contribution >= 0.6 is 0 Å². The number of aliphatic hydroxyl groups excluding tert-OH is 1. The van der Waals surface area contributed by atoms with Gasteiger partial charge in [-0.3, -0.25) is 4.79 Å². The first-order valence-electron chi connectivity index (χ1n) is 11.7. The molecular weight excluding hydrogens is 352 g/mol. The monoisotopic (exact) mass is 396 g/mol. The van der Waals surface area contributed by atoms with Gasteiger partial charge in [-0.25, -0.2) is 0 Å². The number of carbonyl (C=O) groups is 1. The molecule has 4 heteroatoms. The summed E-state index contributed by atoms with van der Waals surface area (Å²) < 4.78 is 5.93. The molecule has 0 heterocycles. The van der Waals surface area contributed by atoms with Crippen molar-refractivity contribution in [1.82, 2.24) is 0 Å². The van der Waals surface area contributed by atoms with Crippen molar-refractivity contribution in [2.45, 2.75) is 110 Å². The smallest absolute Gasteiger partial charge is 0.303 e. The lowest BCUT2D eigenvalue weighted by Crippen LogP contribution is -2.20. The number of hydrogen-bond donors (Lipinski definition) is 2. The summed E-state index contributed by atoms with van der Waals surface area (Å²) in [6.45, 7) is 7.39. The van der Waals surface area contributed by atoms with Crippen LogP contribution in [0, 0.1) is 17.8 Å². The van der Waals surface area contributed by atoms with Gasteiger partial charge in [0, 0.05) is 13.0 Å². The van der Waals surface area contributed by atoms with Crippen molar-refractivity contribution in [3.05, 3.63) is 12.2 Å². The maximum Gasteiger partial charge on any atom is 0.303 e. The molecule has 0 amide bonds. The summed E-state index contributed by atoms with van der Waals surface area (Å²) in [6.07, 6.45) is 15.9. The molecule has 1 aliphatic carbocycles. The Kier molecular flexibility index (Phi) is 13.5. The van der Waals surface area contributed by atoms with Crippen molar-refractivity contribution in [1.29, 1.82) is 0 Å². The standard InChI is InChI=1S/C24H44O4/c1-4-6-18-28-21(15-17-24(26)27)12-8-13-22-20(14-16-23(22)25)11-7-10-19(3)9-5-2/h7,11,19-23,25H,4-6,8-10,12-18H2,1-3H3,(H,26,27)/t19?,20-,21?,22+,23-/m0/s1. The van der Waals surface area contributed by atoms with E-state index in [2.05, 4.69) is 32.9 Å². The van der Waals surface area contributed by atoms with Crippen LogP contribution in [0.15, 0.2) is 12.2 Å². The molecule has 4 nitrogen and oxygen atoms in total. The molecule has 0 bridgehead atoms. The third-order valence-electron chi connectivity index (χ3n) is 6.14. The Hall–Kier alpha value is -0.870. The molecule has 5 atom stereocenters. The van der Waals surface area contributed by atoms with Crippen molar-refractivity contribution in [3.8, 4) is 0 Å². The minimum absolute atomic E-state index is 0.0325. The fourth-order valence-corrected chi connectivity index (χ4v) is 4.39. The average molecular weight is 397 g/mol. The maximum absolute atomic E-state index is 10.9. The van der Waals surface area contributed by atoms with E-state index >= 15 is 0 Å². The molecule has 0 aromatic carbocycles. The molecule has 1 saturated carbocycles. The summed E-state index contributed by atoms with van der Waals surface area (Å²) in [4.78, 5) is 10.9. The topological polar surface area (TPSA) is 66.8 Å². The number of aliphatic hydroxyl groups is 1. The second kappa shape index (κ2) is 15.0. The molecule has 1 fully saturated rings. The summed E-state index contributed by atoms with van der Waals surface area (Å²) >= 11 is 0. The van der Waals surface area contributed by atoms with E-state index in [1.165, 1.54) is 12.8 Å². The Bertz CT molecular complexity index is 434. The fraction of sp³-hybridized carbons (Fsp3) is 0.875. The van der Waals surface area contributed by atoms with Crippen molar-refractivity contribution in [3.63, 3.8) is 0 Å². The quantitative estimate of drug-likeness (QED) is 0.249. The normalized spacial score (nSPS) is 24.6. The molecule has 0 saturated heterocycles. The molecule has 1 aliphatic rings. The van der Waals surface area contributed by atoms with Gasteiger partial charge < -0.3 is 14.9 Å². The highest BCUT2D eigenvalue weighted by Gasteiger charge is 2.32. The van der Waals surface area contributed by atoms with Crippen LogP contribution in [0.25, 0.3) is 0 Å². The van der Waals surface area contributed by atoms with Crippen molar-refractivity contribution >= 4 is 5.97 Å². The maximum atomic E-state index is 10.9. The second-order valence-corrected chi connectivity index (χ2v) is 8.74. The minimum atomic E-state index is -0.752. The Morgan fingerprint density at radius 1 is 1.14 bits per heavy atom. The molecule has 2 N–H and O–H groups in total. The number of carboxylic acids is 1. The number of unbranched alkanes of at least 4 members (excludes halogenated alkanes) is 1. The van der Waals surface area contributed by atoms with Crippen LogP contribution in [-0.4, -0.2) is 35.0 Å². The van der Waals surface area contributed by atoms with Gasteiger partial charge in [0.1, 0.15) is 0 Å². The third-order valence-corrected chi connectivity index (χ3v) is 6.14. The first-order chi connectivity index (χ1) is 13.5. The Morgan fingerprint density at radius 3 is 2.61 bits per heavy atom. The SMILES string of the molecule is CCCCOC(CCC[C@H]1[C@@H](O)CC[C@@H]1C=CCC(C)CCC)CCC(=O)O. The molecule has 0 radical (unpaired) electrons. The highest BCUT2D eigenvalue weighted by Crippen LogP contribution is 2.37. The van der Waals surface area contributed by atoms with Gasteiger partial charge in [-0.1, -0.05) is 58.6 Å². The number of carboxylic acid groups (broad SMARTS) is 1. The summed E-state index contributed by atoms with van der Waals surface area (Å²) in [7, 11) is 0. The number of aliphatic carboxylic acids is 1. The van der Waals surface area contributed by atoms with Crippen LogP contribution in [0.3, 0.4) is 0 Å². The van der Waals surface area contributed by atoms with E-state index in [4.69, 9.17) is 9.84 Å². The summed E-state index contributed by atoms with van der Waals surface area (Å²) in [5.74, 6) is 0.815. The number of ether oxygens (including phenoxy) is 1. The van der Waals surface area contributed by atoms with Crippen LogP contribution in [0.5, 0.6) is 0 Å². The van der Waals surface area contributed by atoms with Crippen molar-refractivity contribution in [2.75, 3.05) is 6.61 Å². The number of hydrogen-bond acceptors (Lipinski definition) is 3. The molecular formula is C24H44O4. The zero-order valence-corrected chi connectivity index (χ0v) is 18.4. The summed E-state index contributed by atoms with van der Waals surface area (Å²) in [5.41, 5.74) is 0. The first-order valence-corrected chi connectivity index (χ1v) is 11.7. The lowest BCUT2D eigenvalue weighted by atomic mass is 9.88. The van der Waals surface area contributed by atoms with E-state index < -0.39 is 5.97 Å². The van der Waals surface area contributed by atoms with Crippen LogP contribution < -0.4 is 0 Å². The molecule has 0 aliphatic heterocycles. The van der Waals surface area contributed by atoms with E-state index in [1.54, 1.807) is 0 Å². The van der Waals surface area contributed by atoms with Gasteiger partial charge in [-0.2, -0.15) is 0 Å². The van der Waals surface area contributed by atoms with Gasteiger partial charge in [0.05, 0.1) is 12.2 Å². The lowest BCUT2D eigenvalue weighted by Gasteiger charge is -2.22. The van der Waals surface area contributed by atoms with Gasteiger partial charge in [0.25, 0.3) is 0 Å². The van der Waals surface area contributed by atoms with Gasteiger partial charge >= 0.3 is 5.97 Å². The van der Waals surface area contributed by atoms with Gasteiger partial charge in [-0.05, 0) is 62.7 Å². The zero-order valence-electron chi connectivity index (χ0n) is 18.4. The van der Waals surface area contributed by atoms with Crippen LogP contribution in [0.4, 0.5) is 0 Å². The lowest BCUT2D eigenvalue weighted by molar-refractivity contribution is -0.137. The predicted molar refractivity (Wildman–Crippen MR) is 115 cm³/mol. The van der Waals surface area contributed by atoms with Crippen molar-refractivity contribution in [2.24, 2.45) is 17.8 Å². The van der Waals surface area contributed by atoms with E-state index in [0.29, 0.717) is 24.9 Å². The first kappa shape index (κ1) is 25.2. The van der Waals surface area contributed by atoms with E-state index in [1.807, 2.05) is 0 Å². The zero-order chi connectivity index (χ0) is 20.8. The second-order valence-electron chi connectivity index (χ2n) is 8.74. The minimum Gasteiger partial charge on any atom is -0.481 e. The van der Waals surface area contributed by atoms with Crippen LogP contribution in [0.1, 0.15) is 97.8 Å². The molecule has 164 valence electrons. The van der Waals surface area contributed by atoms with Crippen LogP contribution in [-0.2, 0) is 9.53 Å². The van der Waals surface area contributed by atoms with Gasteiger partial charge in [-0.15, -0.1) is 0 Å². The highest BCUT2D eigenvalue weighted by atomic mass is 16.5. The number of rotatable bonds is 16. The van der Waals surface area contributed by atoms with Crippen LogP contribution in [0.2, 0.25) is 0 Å². The van der Waals surface area contributed by atoms with E-state index in [0.717, 1.165) is 57.3 Å². The van der Waals surface area contributed by atoms with Gasteiger partial charge in [0.2, 0.25) is 0 Å². The molecule has 0 aromatic rings. The predicted octanol–water partition coefficient (Wildman–Crippen LogP) is 5.98. The molecule has 0 spiro atoms. The Balaban J connectivity index is 2.43. The Labute approximate surface area is 172 Å². The largest absolute Gasteiger partial charge is 0.481 e. The Morgan fingerprint density at radius 2 is 1.93 bits per heavy atom. The average Bonchev–Trinajstić information content (AvgIpc) is 2.99. The van der Waals surface area contributed by atoms with Gasteiger partial charge in [0.15, 0.2) is 0 Å². The fourth-order valence-electron chi connectivity index (χ4n) is 4.39.